The summed E-state index contributed by atoms with van der Waals surface area (Å²) < 4.78 is 53.8. The van der Waals surface area contributed by atoms with Crippen molar-refractivity contribution < 1.29 is 42.0 Å². The van der Waals surface area contributed by atoms with Crippen LogP contribution in [-0.4, -0.2) is 46.2 Å². The number of likely N-dealkylation sites (tertiary alicyclic amines) is 1. The number of benzene rings is 3. The van der Waals surface area contributed by atoms with Crippen LogP contribution < -0.4 is 16.0 Å². The zero-order valence-electron chi connectivity index (χ0n) is 21.6. The Balaban J connectivity index is 1.92. The molecule has 2 atom stereocenters. The van der Waals surface area contributed by atoms with E-state index in [1.54, 1.807) is 37.3 Å². The number of para-hydroxylation sites is 1. The Morgan fingerprint density at radius 1 is 1.02 bits per heavy atom. The summed E-state index contributed by atoms with van der Waals surface area (Å²) >= 11 is 0. The van der Waals surface area contributed by atoms with Gasteiger partial charge in [0.2, 0.25) is 0 Å². The van der Waals surface area contributed by atoms with Gasteiger partial charge < -0.3 is 16.2 Å². The maximum atomic E-state index is 13.9. The molecule has 5 N–H and O–H groups in total. The molecule has 0 unspecified atom stereocenters. The van der Waals surface area contributed by atoms with E-state index in [4.69, 9.17) is 5.73 Å². The summed E-state index contributed by atoms with van der Waals surface area (Å²) in [7, 11) is 0. The first kappa shape index (κ1) is 29.0. The molecule has 212 valence electrons. The number of piperidine rings is 1. The van der Waals surface area contributed by atoms with Gasteiger partial charge in [-0.05, 0) is 55.0 Å². The molecular weight excluding hydrogens is 544 g/mol. The highest BCUT2D eigenvalue weighted by molar-refractivity contribution is 6.15. The van der Waals surface area contributed by atoms with Gasteiger partial charge >= 0.3 is 18.1 Å². The molecule has 0 spiro atoms. The molecule has 8 nitrogen and oxygen atoms in total. The van der Waals surface area contributed by atoms with Crippen molar-refractivity contribution in [3.8, 4) is 0 Å². The van der Waals surface area contributed by atoms with Gasteiger partial charge in [0.05, 0.1) is 23.6 Å². The Hall–Kier alpha value is -5.00. The Labute approximate surface area is 231 Å². The van der Waals surface area contributed by atoms with Crippen LogP contribution in [0.4, 0.5) is 23.2 Å². The molecule has 12 heteroatoms. The molecule has 0 saturated carbocycles. The average molecular weight is 570 g/mol. The fraction of sp³-hybridized carbons (Fsp3) is 0.172. The molecule has 0 aliphatic carbocycles. The molecule has 0 aromatic heterocycles. The first-order valence-electron chi connectivity index (χ1n) is 12.4. The van der Waals surface area contributed by atoms with Crippen LogP contribution >= 0.6 is 0 Å². The molecule has 0 radical (unpaired) electrons. The summed E-state index contributed by atoms with van der Waals surface area (Å²) in [5.41, 5.74) is 4.65. The second kappa shape index (κ2) is 11.6. The first-order valence-corrected chi connectivity index (χ1v) is 12.4. The number of amides is 2. The molecule has 1 aliphatic rings. The standard InChI is InChI=1S/C29H24F4N4O4/c1-2-37-25(35-20-9-4-3-5-10-20)22(23(34)28(40)41)21(16-11-13-19(30)14-12-16)24(27(37)39)36-26(38)17-7-6-8-18(15-17)29(31,32)33/h3-15,21,24H,2,34H2,1H3,(H,36,38)(H,40,41)/p+1/b23-22-,35-25?/t21-,24-/m0/s1. The van der Waals surface area contributed by atoms with Gasteiger partial charge in [0.1, 0.15) is 23.2 Å². The zero-order valence-corrected chi connectivity index (χ0v) is 21.6. The summed E-state index contributed by atoms with van der Waals surface area (Å²) in [5.74, 6) is -5.06. The molecule has 1 fully saturated rings. The van der Waals surface area contributed by atoms with Crippen molar-refractivity contribution in [2.45, 2.75) is 25.1 Å². The number of nitrogens with one attached hydrogen (secondary N) is 2. The molecule has 1 heterocycles. The number of nitrogens with zero attached hydrogens (tertiary/aromatic N) is 1. The van der Waals surface area contributed by atoms with Crippen molar-refractivity contribution in [1.29, 1.82) is 0 Å². The Bertz CT molecular complexity index is 1540. The lowest BCUT2D eigenvalue weighted by Gasteiger charge is -2.36. The number of alkyl halides is 3. The lowest BCUT2D eigenvalue weighted by molar-refractivity contribution is -0.360. The van der Waals surface area contributed by atoms with Crippen LogP contribution in [0.25, 0.3) is 0 Å². The number of carboxylic acids is 1. The Kier molecular flexibility index (Phi) is 8.22. The summed E-state index contributed by atoms with van der Waals surface area (Å²) in [6.45, 7) is 1.62. The number of likely N-dealkylation sites (N-methyl/N-ethyl adjacent to an activating group) is 1. The van der Waals surface area contributed by atoms with Gasteiger partial charge in [0, 0.05) is 5.56 Å². The van der Waals surface area contributed by atoms with Crippen LogP contribution in [0.1, 0.15) is 34.3 Å². The largest absolute Gasteiger partial charge is 0.477 e. The Morgan fingerprint density at radius 2 is 1.68 bits per heavy atom. The van der Waals surface area contributed by atoms with Crippen molar-refractivity contribution in [2.75, 3.05) is 6.54 Å². The molecule has 3 aromatic carbocycles. The quantitative estimate of drug-likeness (QED) is 0.268. The van der Waals surface area contributed by atoms with Gasteiger partial charge in [-0.3, -0.25) is 4.79 Å². The second-order valence-electron chi connectivity index (χ2n) is 9.11. The van der Waals surface area contributed by atoms with Gasteiger partial charge in [-0.1, -0.05) is 36.4 Å². The number of nitrogens with two attached hydrogens (primary N) is 1. The smallest absolute Gasteiger partial charge is 0.416 e. The summed E-state index contributed by atoms with van der Waals surface area (Å²) in [4.78, 5) is 43.6. The highest BCUT2D eigenvalue weighted by Crippen LogP contribution is 2.36. The minimum absolute atomic E-state index is 0.0104. The molecule has 3 aromatic rings. The first-order chi connectivity index (χ1) is 19.4. The number of carbonyl (C=O) groups excluding carboxylic acids is 2. The third kappa shape index (κ3) is 6.11. The Morgan fingerprint density at radius 3 is 2.27 bits per heavy atom. The highest BCUT2D eigenvalue weighted by Gasteiger charge is 2.51. The fourth-order valence-electron chi connectivity index (χ4n) is 4.63. The normalized spacial score (nSPS) is 19.7. The van der Waals surface area contributed by atoms with Crippen molar-refractivity contribution >= 4 is 29.3 Å². The van der Waals surface area contributed by atoms with Crippen LogP contribution in [0.15, 0.2) is 90.1 Å². The fourth-order valence-corrected chi connectivity index (χ4v) is 4.63. The van der Waals surface area contributed by atoms with Crippen molar-refractivity contribution in [2.24, 2.45) is 5.73 Å². The molecule has 41 heavy (non-hydrogen) atoms. The second-order valence-corrected chi connectivity index (χ2v) is 9.11. The minimum atomic E-state index is -4.72. The van der Waals surface area contributed by atoms with Gasteiger partial charge in [-0.25, -0.2) is 19.0 Å². The maximum absolute atomic E-state index is 13.9. The number of halogens is 4. The lowest BCUT2D eigenvalue weighted by Crippen LogP contribution is -2.76. The van der Waals surface area contributed by atoms with E-state index in [1.807, 2.05) is 0 Å². The van der Waals surface area contributed by atoms with Crippen LogP contribution in [0.2, 0.25) is 0 Å². The number of hydrogen-bond donors (Lipinski definition) is 4. The van der Waals surface area contributed by atoms with Crippen LogP contribution in [0.3, 0.4) is 0 Å². The van der Waals surface area contributed by atoms with E-state index < -0.39 is 53.0 Å². The predicted octanol–water partition coefficient (Wildman–Crippen LogP) is 2.70. The predicted molar refractivity (Wildman–Crippen MR) is 140 cm³/mol. The molecule has 2 amide bonds. The van der Waals surface area contributed by atoms with Gasteiger partial charge in [0.25, 0.3) is 11.7 Å². The topological polar surface area (TPSA) is 127 Å². The van der Waals surface area contributed by atoms with Crippen molar-refractivity contribution in [1.82, 2.24) is 10.2 Å². The summed E-state index contributed by atoms with van der Waals surface area (Å²) in [6.07, 6.45) is -4.72. The van der Waals surface area contributed by atoms with Crippen LogP contribution in [0.5, 0.6) is 0 Å². The molecular formula is C29H25F4N4O4+. The van der Waals surface area contributed by atoms with Gasteiger partial charge in [-0.2, -0.15) is 18.1 Å². The van der Waals surface area contributed by atoms with Crippen LogP contribution in [-0.2, 0) is 15.8 Å². The van der Waals surface area contributed by atoms with Crippen molar-refractivity contribution in [3.05, 3.63) is 113 Å². The molecule has 1 saturated heterocycles. The number of aliphatic carboxylic acids is 1. The third-order valence-corrected chi connectivity index (χ3v) is 6.54. The zero-order chi connectivity index (χ0) is 29.9. The van der Waals surface area contributed by atoms with E-state index in [0.29, 0.717) is 11.8 Å². The van der Waals surface area contributed by atoms with E-state index in [2.05, 4.69) is 10.3 Å². The van der Waals surface area contributed by atoms with Gasteiger partial charge in [-0.15, -0.1) is 0 Å². The average Bonchev–Trinajstić information content (AvgIpc) is 2.94. The summed E-state index contributed by atoms with van der Waals surface area (Å²) in [6, 6.07) is 15.5. The number of carbonyl (C=O) groups is 3. The number of amidine groups is 1. The van der Waals surface area contributed by atoms with Gasteiger partial charge in [0.15, 0.2) is 0 Å². The monoisotopic (exact) mass is 569 g/mol. The molecule has 0 bridgehead atoms. The van der Waals surface area contributed by atoms with E-state index in [-0.39, 0.29) is 29.1 Å². The van der Waals surface area contributed by atoms with E-state index in [9.17, 15) is 37.1 Å². The minimum Gasteiger partial charge on any atom is -0.477 e. The maximum Gasteiger partial charge on any atom is 0.416 e. The SMILES string of the molecule is CCN1C(=O)[C@@H](NC(=O)c2cccc(C(F)(F)F)c2)[C@@H](c2ccc(F)cc2)/C(=C(/N)C(=O)O)C1=[NH+]c1ccccc1. The van der Waals surface area contributed by atoms with Crippen LogP contribution in [0, 0.1) is 5.82 Å². The number of rotatable bonds is 6. The number of carboxylic acid groups (broad SMARTS) is 1. The molecule has 1 aliphatic heterocycles. The third-order valence-electron chi connectivity index (χ3n) is 6.54. The van der Waals surface area contributed by atoms with E-state index in [0.717, 1.165) is 30.3 Å². The van der Waals surface area contributed by atoms with E-state index >= 15 is 0 Å². The highest BCUT2D eigenvalue weighted by atomic mass is 19.4. The van der Waals surface area contributed by atoms with Crippen molar-refractivity contribution in [3.63, 3.8) is 0 Å². The summed E-state index contributed by atoms with van der Waals surface area (Å²) in [5, 5.41) is 12.4. The lowest BCUT2D eigenvalue weighted by atomic mass is 9.78. The molecule has 4 rings (SSSR count). The number of hydrogen-bond acceptors (Lipinski definition) is 4. The van der Waals surface area contributed by atoms with E-state index in [1.165, 1.54) is 17.0 Å².